The first-order valence-corrected chi connectivity index (χ1v) is 7.60. The van der Waals surface area contributed by atoms with Crippen LogP contribution in [-0.2, 0) is 11.2 Å². The van der Waals surface area contributed by atoms with Crippen LogP contribution in [-0.4, -0.2) is 18.0 Å². The van der Waals surface area contributed by atoms with E-state index in [1.807, 2.05) is 26.8 Å². The van der Waals surface area contributed by atoms with Gasteiger partial charge in [0.15, 0.2) is 0 Å². The fourth-order valence-electron chi connectivity index (χ4n) is 1.92. The van der Waals surface area contributed by atoms with Gasteiger partial charge >= 0.3 is 0 Å². The van der Waals surface area contributed by atoms with Gasteiger partial charge in [0.25, 0.3) is 0 Å². The third-order valence-electron chi connectivity index (χ3n) is 3.49. The zero-order valence-electron chi connectivity index (χ0n) is 12.1. The van der Waals surface area contributed by atoms with Gasteiger partial charge in [-0.2, -0.15) is 0 Å². The number of nitrogens with one attached hydrogen (secondary N) is 1. The lowest BCUT2D eigenvalue weighted by atomic mass is 9.98. The van der Waals surface area contributed by atoms with Gasteiger partial charge in [0.2, 0.25) is 5.91 Å². The molecule has 3 atom stereocenters. The SMILES string of the molecule is CCC(C)C(N)C(=O)NC(C)Cc1ccc(Cl)cc1Cl. The molecule has 0 aromatic heterocycles. The van der Waals surface area contributed by atoms with Gasteiger partial charge in [-0.3, -0.25) is 4.79 Å². The first kappa shape index (κ1) is 17.3. The molecule has 0 aliphatic carbocycles. The number of halogens is 2. The Morgan fingerprint density at radius 3 is 2.55 bits per heavy atom. The highest BCUT2D eigenvalue weighted by Gasteiger charge is 2.21. The number of benzene rings is 1. The average molecular weight is 317 g/mol. The minimum atomic E-state index is -0.469. The lowest BCUT2D eigenvalue weighted by Crippen LogP contribution is -2.48. The van der Waals surface area contributed by atoms with Crippen LogP contribution >= 0.6 is 23.2 Å². The molecule has 0 heterocycles. The Labute approximate surface area is 130 Å². The molecule has 0 saturated heterocycles. The number of carbonyl (C=O) groups is 1. The predicted octanol–water partition coefficient (Wildman–Crippen LogP) is 3.41. The standard InChI is InChI=1S/C15H22Cl2N2O/c1-4-9(2)14(18)15(20)19-10(3)7-11-5-6-12(16)8-13(11)17/h5-6,8-10,14H,4,7,18H2,1-3H3,(H,19,20). The molecule has 1 amide bonds. The van der Waals surface area contributed by atoms with Crippen molar-refractivity contribution in [1.82, 2.24) is 5.32 Å². The molecule has 0 spiro atoms. The van der Waals surface area contributed by atoms with E-state index in [1.165, 1.54) is 0 Å². The van der Waals surface area contributed by atoms with E-state index in [0.29, 0.717) is 16.5 Å². The summed E-state index contributed by atoms with van der Waals surface area (Å²) in [5, 5.41) is 4.15. The minimum Gasteiger partial charge on any atom is -0.352 e. The van der Waals surface area contributed by atoms with Crippen molar-refractivity contribution in [2.24, 2.45) is 11.7 Å². The maximum absolute atomic E-state index is 12.0. The second-order valence-electron chi connectivity index (χ2n) is 5.26. The van der Waals surface area contributed by atoms with E-state index in [4.69, 9.17) is 28.9 Å². The summed E-state index contributed by atoms with van der Waals surface area (Å²) in [4.78, 5) is 12.0. The first-order valence-electron chi connectivity index (χ1n) is 6.85. The Balaban J connectivity index is 2.59. The zero-order chi connectivity index (χ0) is 15.3. The number of hydrogen-bond donors (Lipinski definition) is 2. The number of rotatable bonds is 6. The van der Waals surface area contributed by atoms with E-state index in [2.05, 4.69) is 5.32 Å². The van der Waals surface area contributed by atoms with E-state index in [9.17, 15) is 4.79 Å². The van der Waals surface area contributed by atoms with Crippen molar-refractivity contribution in [1.29, 1.82) is 0 Å². The average Bonchev–Trinajstić information content (AvgIpc) is 2.40. The first-order chi connectivity index (χ1) is 9.35. The van der Waals surface area contributed by atoms with Crippen LogP contribution in [0.5, 0.6) is 0 Å². The lowest BCUT2D eigenvalue weighted by Gasteiger charge is -2.21. The van der Waals surface area contributed by atoms with Gasteiger partial charge < -0.3 is 11.1 Å². The minimum absolute atomic E-state index is 0.0312. The molecule has 3 N–H and O–H groups in total. The molecule has 0 saturated carbocycles. The van der Waals surface area contributed by atoms with Gasteiger partial charge in [0.05, 0.1) is 6.04 Å². The smallest absolute Gasteiger partial charge is 0.237 e. The highest BCUT2D eigenvalue weighted by atomic mass is 35.5. The van der Waals surface area contributed by atoms with Crippen LogP contribution in [0.2, 0.25) is 10.0 Å². The quantitative estimate of drug-likeness (QED) is 0.845. The van der Waals surface area contributed by atoms with Crippen LogP contribution < -0.4 is 11.1 Å². The van der Waals surface area contributed by atoms with Crippen molar-refractivity contribution >= 4 is 29.1 Å². The number of amides is 1. The Morgan fingerprint density at radius 2 is 2.00 bits per heavy atom. The zero-order valence-corrected chi connectivity index (χ0v) is 13.6. The second kappa shape index (κ2) is 7.87. The van der Waals surface area contributed by atoms with Gasteiger partial charge in [-0.1, -0.05) is 49.5 Å². The summed E-state index contributed by atoms with van der Waals surface area (Å²) in [6, 6.07) is 4.88. The van der Waals surface area contributed by atoms with E-state index in [-0.39, 0.29) is 17.9 Å². The Kier molecular flexibility index (Phi) is 6.80. The highest BCUT2D eigenvalue weighted by Crippen LogP contribution is 2.22. The van der Waals surface area contributed by atoms with E-state index in [0.717, 1.165) is 12.0 Å². The summed E-state index contributed by atoms with van der Waals surface area (Å²) in [5.74, 6) is 0.0539. The summed E-state index contributed by atoms with van der Waals surface area (Å²) in [7, 11) is 0. The monoisotopic (exact) mass is 316 g/mol. The van der Waals surface area contributed by atoms with E-state index in [1.54, 1.807) is 12.1 Å². The molecule has 20 heavy (non-hydrogen) atoms. The molecule has 0 bridgehead atoms. The number of nitrogens with two attached hydrogens (primary N) is 1. The van der Waals surface area contributed by atoms with Crippen LogP contribution in [0.15, 0.2) is 18.2 Å². The predicted molar refractivity (Wildman–Crippen MR) is 85.2 cm³/mol. The molecule has 0 fully saturated rings. The van der Waals surface area contributed by atoms with Crippen LogP contribution in [0.3, 0.4) is 0 Å². The van der Waals surface area contributed by atoms with Crippen molar-refractivity contribution in [3.63, 3.8) is 0 Å². The summed E-state index contributed by atoms with van der Waals surface area (Å²) >= 11 is 12.0. The molecule has 3 unspecified atom stereocenters. The van der Waals surface area contributed by atoms with Crippen molar-refractivity contribution < 1.29 is 4.79 Å². The molecule has 1 aromatic rings. The number of hydrogen-bond acceptors (Lipinski definition) is 2. The lowest BCUT2D eigenvalue weighted by molar-refractivity contribution is -0.124. The maximum atomic E-state index is 12.0. The van der Waals surface area contributed by atoms with Gasteiger partial charge in [0, 0.05) is 16.1 Å². The van der Waals surface area contributed by atoms with Crippen LogP contribution in [0.25, 0.3) is 0 Å². The molecule has 0 aliphatic rings. The fraction of sp³-hybridized carbons (Fsp3) is 0.533. The number of carbonyl (C=O) groups excluding carboxylic acids is 1. The fourth-order valence-corrected chi connectivity index (χ4v) is 2.41. The third-order valence-corrected chi connectivity index (χ3v) is 4.08. The summed E-state index contributed by atoms with van der Waals surface area (Å²) in [5.41, 5.74) is 6.87. The molecule has 1 aromatic carbocycles. The summed E-state index contributed by atoms with van der Waals surface area (Å²) in [6.07, 6.45) is 1.53. The maximum Gasteiger partial charge on any atom is 0.237 e. The molecule has 0 aliphatic heterocycles. The third kappa shape index (κ3) is 4.97. The topological polar surface area (TPSA) is 55.1 Å². The van der Waals surface area contributed by atoms with Crippen molar-refractivity contribution in [2.75, 3.05) is 0 Å². The highest BCUT2D eigenvalue weighted by molar-refractivity contribution is 6.35. The van der Waals surface area contributed by atoms with Crippen LogP contribution in [0.1, 0.15) is 32.8 Å². The van der Waals surface area contributed by atoms with E-state index < -0.39 is 6.04 Å². The molecule has 112 valence electrons. The van der Waals surface area contributed by atoms with Gasteiger partial charge in [-0.15, -0.1) is 0 Å². The van der Waals surface area contributed by atoms with Gasteiger partial charge in [-0.05, 0) is 37.0 Å². The largest absolute Gasteiger partial charge is 0.352 e. The van der Waals surface area contributed by atoms with Crippen LogP contribution in [0.4, 0.5) is 0 Å². The normalized spacial score (nSPS) is 15.5. The Hall–Kier alpha value is -0.770. The van der Waals surface area contributed by atoms with Crippen LogP contribution in [0, 0.1) is 5.92 Å². The van der Waals surface area contributed by atoms with Gasteiger partial charge in [-0.25, -0.2) is 0 Å². The molecule has 0 radical (unpaired) electrons. The summed E-state index contributed by atoms with van der Waals surface area (Å²) in [6.45, 7) is 5.94. The van der Waals surface area contributed by atoms with Crippen molar-refractivity contribution in [2.45, 2.75) is 45.7 Å². The Bertz CT molecular complexity index is 465. The second-order valence-corrected chi connectivity index (χ2v) is 6.10. The molecular formula is C15H22Cl2N2O. The summed E-state index contributed by atoms with van der Waals surface area (Å²) < 4.78 is 0. The van der Waals surface area contributed by atoms with Crippen molar-refractivity contribution in [3.8, 4) is 0 Å². The van der Waals surface area contributed by atoms with E-state index >= 15 is 0 Å². The molecule has 1 rings (SSSR count). The Morgan fingerprint density at radius 1 is 1.35 bits per heavy atom. The molecule has 3 nitrogen and oxygen atoms in total. The molecule has 5 heteroatoms. The van der Waals surface area contributed by atoms with Gasteiger partial charge in [0.1, 0.15) is 0 Å². The van der Waals surface area contributed by atoms with Crippen molar-refractivity contribution in [3.05, 3.63) is 33.8 Å². The molecular weight excluding hydrogens is 295 g/mol.